The second-order valence-corrected chi connectivity index (χ2v) is 5.73. The first-order valence-corrected chi connectivity index (χ1v) is 7.71. The van der Waals surface area contributed by atoms with Crippen LogP contribution in [0.5, 0.6) is 5.75 Å². The summed E-state index contributed by atoms with van der Waals surface area (Å²) in [4.78, 5) is 28.0. The van der Waals surface area contributed by atoms with E-state index in [9.17, 15) is 14.7 Å². The van der Waals surface area contributed by atoms with Crippen LogP contribution < -0.4 is 5.32 Å². The molecular formula is C18H18N2O4. The number of fused-ring (bicyclic) bond motifs is 1. The van der Waals surface area contributed by atoms with E-state index in [1.54, 1.807) is 24.4 Å². The molecule has 0 aliphatic heterocycles. The predicted molar refractivity (Wildman–Crippen MR) is 86.6 cm³/mol. The molecule has 0 spiro atoms. The third-order valence-corrected chi connectivity index (χ3v) is 4.22. The minimum Gasteiger partial charge on any atom is -0.508 e. The first kappa shape index (κ1) is 16.0. The van der Waals surface area contributed by atoms with Gasteiger partial charge in [0.1, 0.15) is 5.75 Å². The fraction of sp³-hybridized carbons (Fsp3) is 0.278. The molecule has 2 aromatic rings. The van der Waals surface area contributed by atoms with Crippen LogP contribution >= 0.6 is 0 Å². The standard InChI is InChI=1S/C18H18N2O4/c1-24-18(23)13-7-11(8-19-10-13)9-20-17(22)14-6-5-12-3-2-4-15(21)16(12)14/h2-4,7-8,10,14,21H,5-6,9H2,1H3,(H,20,22). The van der Waals surface area contributed by atoms with Crippen molar-refractivity contribution >= 4 is 11.9 Å². The van der Waals surface area contributed by atoms with E-state index in [1.165, 1.54) is 13.3 Å². The topological polar surface area (TPSA) is 88.5 Å². The Morgan fingerprint density at radius 2 is 2.21 bits per heavy atom. The Labute approximate surface area is 139 Å². The Morgan fingerprint density at radius 1 is 1.38 bits per heavy atom. The van der Waals surface area contributed by atoms with Gasteiger partial charge < -0.3 is 15.2 Å². The van der Waals surface area contributed by atoms with Gasteiger partial charge in [0.15, 0.2) is 0 Å². The zero-order valence-corrected chi connectivity index (χ0v) is 13.3. The number of amides is 1. The number of phenols is 1. The van der Waals surface area contributed by atoms with Gasteiger partial charge in [-0.1, -0.05) is 12.1 Å². The van der Waals surface area contributed by atoms with E-state index < -0.39 is 5.97 Å². The molecule has 1 unspecified atom stereocenters. The van der Waals surface area contributed by atoms with Gasteiger partial charge >= 0.3 is 5.97 Å². The SMILES string of the molecule is COC(=O)c1cncc(CNC(=O)C2CCc3cccc(O)c32)c1. The lowest BCUT2D eigenvalue weighted by Gasteiger charge is -2.13. The molecule has 124 valence electrons. The van der Waals surface area contributed by atoms with Crippen LogP contribution in [0.2, 0.25) is 0 Å². The van der Waals surface area contributed by atoms with Crippen LogP contribution in [0.4, 0.5) is 0 Å². The number of benzene rings is 1. The Kier molecular flexibility index (Phi) is 4.46. The second kappa shape index (κ2) is 6.70. The number of ether oxygens (including phenoxy) is 1. The van der Waals surface area contributed by atoms with Crippen LogP contribution in [0.3, 0.4) is 0 Å². The third-order valence-electron chi connectivity index (χ3n) is 4.22. The highest BCUT2D eigenvalue weighted by Gasteiger charge is 2.30. The van der Waals surface area contributed by atoms with Gasteiger partial charge in [0.05, 0.1) is 18.6 Å². The van der Waals surface area contributed by atoms with Gasteiger partial charge in [-0.2, -0.15) is 0 Å². The summed E-state index contributed by atoms with van der Waals surface area (Å²) in [5, 5.41) is 12.9. The highest BCUT2D eigenvalue weighted by molar-refractivity contribution is 5.89. The zero-order valence-electron chi connectivity index (χ0n) is 13.3. The van der Waals surface area contributed by atoms with Crippen molar-refractivity contribution in [3.05, 3.63) is 58.9 Å². The van der Waals surface area contributed by atoms with Crippen LogP contribution in [0.15, 0.2) is 36.7 Å². The molecule has 0 saturated heterocycles. The van der Waals surface area contributed by atoms with Crippen molar-refractivity contribution in [1.82, 2.24) is 10.3 Å². The van der Waals surface area contributed by atoms with E-state index in [-0.39, 0.29) is 24.1 Å². The quantitative estimate of drug-likeness (QED) is 0.838. The number of nitrogens with one attached hydrogen (secondary N) is 1. The number of aromatic hydroxyl groups is 1. The number of methoxy groups -OCH3 is 1. The van der Waals surface area contributed by atoms with Gasteiger partial charge in [0, 0.05) is 24.5 Å². The normalized spacial score (nSPS) is 15.6. The Bertz CT molecular complexity index is 788. The number of rotatable bonds is 4. The van der Waals surface area contributed by atoms with E-state index in [1.807, 2.05) is 6.07 Å². The van der Waals surface area contributed by atoms with Crippen molar-refractivity contribution in [2.45, 2.75) is 25.3 Å². The summed E-state index contributed by atoms with van der Waals surface area (Å²) in [6, 6.07) is 6.97. The van der Waals surface area contributed by atoms with E-state index in [0.29, 0.717) is 17.5 Å². The van der Waals surface area contributed by atoms with Crippen molar-refractivity contribution in [3.63, 3.8) is 0 Å². The van der Waals surface area contributed by atoms with Gasteiger partial charge in [0.2, 0.25) is 5.91 Å². The number of aryl methyl sites for hydroxylation is 1. The fourth-order valence-electron chi connectivity index (χ4n) is 3.05. The largest absolute Gasteiger partial charge is 0.508 e. The van der Waals surface area contributed by atoms with E-state index in [0.717, 1.165) is 17.5 Å². The molecule has 2 N–H and O–H groups in total. The molecule has 0 fully saturated rings. The Morgan fingerprint density at radius 3 is 3.00 bits per heavy atom. The van der Waals surface area contributed by atoms with Crippen molar-refractivity contribution < 1.29 is 19.4 Å². The van der Waals surface area contributed by atoms with Crippen molar-refractivity contribution in [1.29, 1.82) is 0 Å². The van der Waals surface area contributed by atoms with Gasteiger partial charge in [-0.15, -0.1) is 0 Å². The molecule has 3 rings (SSSR count). The fourth-order valence-corrected chi connectivity index (χ4v) is 3.05. The predicted octanol–water partition coefficient (Wildman–Crippen LogP) is 1.92. The first-order chi connectivity index (χ1) is 11.6. The maximum Gasteiger partial charge on any atom is 0.339 e. The maximum absolute atomic E-state index is 12.5. The summed E-state index contributed by atoms with van der Waals surface area (Å²) < 4.78 is 4.66. The smallest absolute Gasteiger partial charge is 0.339 e. The molecule has 1 heterocycles. The molecule has 0 radical (unpaired) electrons. The summed E-state index contributed by atoms with van der Waals surface area (Å²) in [6.07, 6.45) is 4.47. The second-order valence-electron chi connectivity index (χ2n) is 5.73. The molecule has 1 aromatic carbocycles. The Hall–Kier alpha value is -2.89. The monoisotopic (exact) mass is 326 g/mol. The molecule has 6 heteroatoms. The molecule has 1 atom stereocenters. The average Bonchev–Trinajstić information content (AvgIpc) is 3.05. The van der Waals surface area contributed by atoms with Crippen molar-refractivity contribution in [3.8, 4) is 5.75 Å². The molecule has 1 aromatic heterocycles. The first-order valence-electron chi connectivity index (χ1n) is 7.71. The van der Waals surface area contributed by atoms with Gasteiger partial charge in [-0.3, -0.25) is 9.78 Å². The van der Waals surface area contributed by atoms with E-state index in [2.05, 4.69) is 15.0 Å². The number of hydrogen-bond acceptors (Lipinski definition) is 5. The number of carbonyl (C=O) groups excluding carboxylic acids is 2. The number of hydrogen-bond donors (Lipinski definition) is 2. The molecule has 6 nitrogen and oxygen atoms in total. The molecule has 24 heavy (non-hydrogen) atoms. The number of nitrogens with zero attached hydrogens (tertiary/aromatic N) is 1. The molecular weight excluding hydrogens is 308 g/mol. The van der Waals surface area contributed by atoms with Gasteiger partial charge in [-0.05, 0) is 36.1 Å². The van der Waals surface area contributed by atoms with Crippen LogP contribution in [-0.2, 0) is 22.5 Å². The molecule has 1 aliphatic carbocycles. The van der Waals surface area contributed by atoms with Crippen LogP contribution in [0, 0.1) is 0 Å². The lowest BCUT2D eigenvalue weighted by molar-refractivity contribution is -0.122. The maximum atomic E-state index is 12.5. The number of pyridine rings is 1. The average molecular weight is 326 g/mol. The van der Waals surface area contributed by atoms with E-state index >= 15 is 0 Å². The minimum atomic E-state index is -0.467. The molecule has 1 amide bonds. The summed E-state index contributed by atoms with van der Waals surface area (Å²) in [7, 11) is 1.31. The lowest BCUT2D eigenvalue weighted by atomic mass is 9.99. The van der Waals surface area contributed by atoms with E-state index in [4.69, 9.17) is 0 Å². The highest BCUT2D eigenvalue weighted by atomic mass is 16.5. The van der Waals surface area contributed by atoms with Crippen molar-refractivity contribution in [2.24, 2.45) is 0 Å². The Balaban J connectivity index is 1.69. The zero-order chi connectivity index (χ0) is 17.1. The molecule has 0 saturated carbocycles. The van der Waals surface area contributed by atoms with Gasteiger partial charge in [-0.25, -0.2) is 4.79 Å². The number of esters is 1. The number of aromatic nitrogens is 1. The van der Waals surface area contributed by atoms with Crippen LogP contribution in [-0.4, -0.2) is 29.1 Å². The third kappa shape index (κ3) is 3.08. The molecule has 1 aliphatic rings. The van der Waals surface area contributed by atoms with Crippen LogP contribution in [0.25, 0.3) is 0 Å². The summed E-state index contributed by atoms with van der Waals surface area (Å²) in [6.45, 7) is 0.260. The number of carbonyl (C=O) groups is 2. The van der Waals surface area contributed by atoms with Crippen molar-refractivity contribution in [2.75, 3.05) is 7.11 Å². The highest BCUT2D eigenvalue weighted by Crippen LogP contribution is 2.38. The number of phenolic OH excluding ortho intramolecular Hbond substituents is 1. The summed E-state index contributed by atoms with van der Waals surface area (Å²) in [5.74, 6) is -0.790. The van der Waals surface area contributed by atoms with Gasteiger partial charge in [0.25, 0.3) is 0 Å². The lowest BCUT2D eigenvalue weighted by Crippen LogP contribution is -2.28. The minimum absolute atomic E-state index is 0.140. The van der Waals surface area contributed by atoms with Crippen LogP contribution in [0.1, 0.15) is 39.4 Å². The summed E-state index contributed by atoms with van der Waals surface area (Å²) >= 11 is 0. The molecule has 0 bridgehead atoms. The summed E-state index contributed by atoms with van der Waals surface area (Å²) in [5.41, 5.74) is 2.79.